The molecule has 0 saturated heterocycles. The smallest absolute Gasteiger partial charge is 0.264 e. The summed E-state index contributed by atoms with van der Waals surface area (Å²) in [5.41, 5.74) is -0.0621. The van der Waals surface area contributed by atoms with Gasteiger partial charge in [0.05, 0.1) is 11.9 Å². The molecule has 0 bridgehead atoms. The van der Waals surface area contributed by atoms with Crippen molar-refractivity contribution in [2.45, 2.75) is 20.0 Å². The highest BCUT2D eigenvalue weighted by molar-refractivity contribution is 7.86. The first-order valence-corrected chi connectivity index (χ1v) is 7.68. The van der Waals surface area contributed by atoms with Gasteiger partial charge in [-0.3, -0.25) is 8.98 Å². The van der Waals surface area contributed by atoms with E-state index in [0.29, 0.717) is 0 Å². The van der Waals surface area contributed by atoms with E-state index in [-0.39, 0.29) is 12.3 Å². The summed E-state index contributed by atoms with van der Waals surface area (Å²) in [7, 11) is -3.69. The minimum absolute atomic E-state index is 0.0621. The number of nitrogens with one attached hydrogen (secondary N) is 1. The Bertz CT molecular complexity index is 633. The van der Waals surface area contributed by atoms with Crippen LogP contribution in [-0.2, 0) is 19.1 Å². The average Bonchev–Trinajstić information content (AvgIpc) is 2.30. The first-order valence-electron chi connectivity index (χ1n) is 5.87. The number of rotatable bonds is 6. The molecule has 21 heavy (non-hydrogen) atoms. The van der Waals surface area contributed by atoms with Crippen LogP contribution in [0.25, 0.3) is 0 Å². The summed E-state index contributed by atoms with van der Waals surface area (Å²) < 4.78 is 58.4. The van der Waals surface area contributed by atoms with E-state index in [1.165, 1.54) is 13.8 Å². The van der Waals surface area contributed by atoms with Crippen LogP contribution in [0.1, 0.15) is 13.8 Å². The monoisotopic (exact) mass is 323 g/mol. The Labute approximate surface area is 121 Å². The Hall–Kier alpha value is -1.74. The van der Waals surface area contributed by atoms with Crippen molar-refractivity contribution in [2.24, 2.45) is 0 Å². The molecule has 6 nitrogen and oxygen atoms in total. The Morgan fingerprint density at radius 2 is 2.00 bits per heavy atom. The van der Waals surface area contributed by atoms with Gasteiger partial charge < -0.3 is 10.1 Å². The van der Waals surface area contributed by atoms with E-state index in [2.05, 4.69) is 9.50 Å². The second-order valence-corrected chi connectivity index (χ2v) is 5.94. The van der Waals surface area contributed by atoms with Crippen molar-refractivity contribution in [1.82, 2.24) is 0 Å². The van der Waals surface area contributed by atoms with Crippen LogP contribution in [0.2, 0.25) is 0 Å². The molecule has 0 radical (unpaired) electrons. The van der Waals surface area contributed by atoms with E-state index in [1.807, 2.05) is 0 Å². The molecule has 9 heteroatoms. The molecule has 1 aromatic carbocycles. The van der Waals surface area contributed by atoms with E-state index in [4.69, 9.17) is 4.74 Å². The summed E-state index contributed by atoms with van der Waals surface area (Å²) in [6.45, 7) is 2.23. The van der Waals surface area contributed by atoms with Crippen molar-refractivity contribution < 1.29 is 30.9 Å². The average molecular weight is 323 g/mol. The minimum atomic E-state index is -3.69. The third-order valence-corrected chi connectivity index (χ3v) is 2.84. The second kappa shape index (κ2) is 6.81. The fraction of sp³-hybridized carbons (Fsp3) is 0.417. The molecular formula is C12H15F2NO5S. The zero-order valence-corrected chi connectivity index (χ0v) is 12.5. The van der Waals surface area contributed by atoms with E-state index in [9.17, 15) is 22.0 Å². The third-order valence-electron chi connectivity index (χ3n) is 2.16. The predicted molar refractivity (Wildman–Crippen MR) is 71.5 cm³/mol. The van der Waals surface area contributed by atoms with Gasteiger partial charge in [-0.2, -0.15) is 12.8 Å². The number of amides is 1. The molecular weight excluding hydrogens is 308 g/mol. The van der Waals surface area contributed by atoms with Crippen LogP contribution in [0.3, 0.4) is 0 Å². The summed E-state index contributed by atoms with van der Waals surface area (Å²) in [4.78, 5) is 11.0. The van der Waals surface area contributed by atoms with E-state index < -0.39 is 39.5 Å². The molecule has 0 aliphatic carbocycles. The summed E-state index contributed by atoms with van der Waals surface area (Å²) in [6, 6.07) is 1.97. The highest BCUT2D eigenvalue weighted by atomic mass is 32.2. The topological polar surface area (TPSA) is 81.7 Å². The fourth-order valence-electron chi connectivity index (χ4n) is 1.49. The van der Waals surface area contributed by atoms with Crippen LogP contribution in [0.5, 0.6) is 5.75 Å². The van der Waals surface area contributed by atoms with Crippen LogP contribution in [-0.4, -0.2) is 33.3 Å². The highest BCUT2D eigenvalue weighted by Crippen LogP contribution is 2.30. The summed E-state index contributed by atoms with van der Waals surface area (Å²) in [6.07, 6.45) is -0.0532. The standard InChI is InChI=1S/C12H15F2NO5S/c1-7(20-21(3,17)18)6-19-12-10(15-8(2)16)5-4-9(13)11(12)14/h4-5,7H,6H2,1-3H3,(H,15,16)/t7-/m1/s1. The van der Waals surface area contributed by atoms with Crippen LogP contribution in [0.4, 0.5) is 14.5 Å². The van der Waals surface area contributed by atoms with Gasteiger partial charge in [-0.15, -0.1) is 0 Å². The first-order chi connectivity index (χ1) is 9.60. The lowest BCUT2D eigenvalue weighted by molar-refractivity contribution is -0.114. The first kappa shape index (κ1) is 17.3. The maximum atomic E-state index is 13.7. The number of carbonyl (C=O) groups is 1. The van der Waals surface area contributed by atoms with Gasteiger partial charge in [0.15, 0.2) is 11.6 Å². The number of hydrogen-bond donors (Lipinski definition) is 1. The lowest BCUT2D eigenvalue weighted by Gasteiger charge is -2.16. The molecule has 0 heterocycles. The van der Waals surface area contributed by atoms with Crippen LogP contribution >= 0.6 is 0 Å². The number of ether oxygens (including phenoxy) is 1. The van der Waals surface area contributed by atoms with E-state index >= 15 is 0 Å². The van der Waals surface area contributed by atoms with Gasteiger partial charge in [-0.05, 0) is 19.1 Å². The van der Waals surface area contributed by atoms with Gasteiger partial charge in [0.2, 0.25) is 11.7 Å². The molecule has 1 amide bonds. The zero-order valence-electron chi connectivity index (χ0n) is 11.6. The molecule has 0 aliphatic heterocycles. The second-order valence-electron chi connectivity index (χ2n) is 4.34. The van der Waals surface area contributed by atoms with Crippen molar-refractivity contribution in [1.29, 1.82) is 0 Å². The van der Waals surface area contributed by atoms with Crippen LogP contribution in [0, 0.1) is 11.6 Å². The molecule has 1 N–H and O–H groups in total. The molecule has 1 rings (SSSR count). The van der Waals surface area contributed by atoms with Crippen molar-refractivity contribution in [3.63, 3.8) is 0 Å². The summed E-state index contributed by atoms with van der Waals surface area (Å²) in [5, 5.41) is 2.28. The number of benzene rings is 1. The van der Waals surface area contributed by atoms with Crippen molar-refractivity contribution >= 4 is 21.7 Å². The molecule has 0 aliphatic rings. The molecule has 118 valence electrons. The summed E-state index contributed by atoms with van der Waals surface area (Å²) >= 11 is 0. The number of anilines is 1. The Morgan fingerprint density at radius 1 is 1.38 bits per heavy atom. The van der Waals surface area contributed by atoms with Gasteiger partial charge >= 0.3 is 0 Å². The van der Waals surface area contributed by atoms with E-state index in [1.54, 1.807) is 0 Å². The van der Waals surface area contributed by atoms with E-state index in [0.717, 1.165) is 18.4 Å². The number of hydrogen-bond acceptors (Lipinski definition) is 5. The molecule has 0 fully saturated rings. The molecule has 0 spiro atoms. The molecule has 1 atom stereocenters. The normalized spacial score (nSPS) is 12.8. The number of halogens is 2. The largest absolute Gasteiger partial charge is 0.485 e. The fourth-order valence-corrected chi connectivity index (χ4v) is 2.14. The maximum absolute atomic E-state index is 13.7. The molecule has 1 aromatic rings. The minimum Gasteiger partial charge on any atom is -0.485 e. The van der Waals surface area contributed by atoms with Crippen molar-refractivity contribution in [3.8, 4) is 5.75 Å². The maximum Gasteiger partial charge on any atom is 0.264 e. The predicted octanol–water partition coefficient (Wildman–Crippen LogP) is 1.67. The van der Waals surface area contributed by atoms with Gasteiger partial charge in [0.1, 0.15) is 12.7 Å². The van der Waals surface area contributed by atoms with Gasteiger partial charge in [0, 0.05) is 6.92 Å². The lowest BCUT2D eigenvalue weighted by atomic mass is 10.2. The van der Waals surface area contributed by atoms with Crippen molar-refractivity contribution in [3.05, 3.63) is 23.8 Å². The SMILES string of the molecule is CC(=O)Nc1ccc(F)c(F)c1OC[C@@H](C)OS(C)(=O)=O. The van der Waals surface area contributed by atoms with Gasteiger partial charge in [-0.25, -0.2) is 4.39 Å². The van der Waals surface area contributed by atoms with Crippen molar-refractivity contribution in [2.75, 3.05) is 18.2 Å². The Morgan fingerprint density at radius 3 is 2.52 bits per heavy atom. The van der Waals surface area contributed by atoms with Gasteiger partial charge in [0.25, 0.3) is 10.1 Å². The third kappa shape index (κ3) is 5.64. The molecule has 0 aromatic heterocycles. The lowest BCUT2D eigenvalue weighted by Crippen LogP contribution is -2.22. The molecule has 0 unspecified atom stereocenters. The summed E-state index contributed by atoms with van der Waals surface area (Å²) in [5.74, 6) is -3.45. The highest BCUT2D eigenvalue weighted by Gasteiger charge is 2.18. The van der Waals surface area contributed by atoms with Crippen LogP contribution in [0.15, 0.2) is 12.1 Å². The van der Waals surface area contributed by atoms with Crippen LogP contribution < -0.4 is 10.1 Å². The van der Waals surface area contributed by atoms with Gasteiger partial charge in [-0.1, -0.05) is 0 Å². The molecule has 0 saturated carbocycles. The Balaban J connectivity index is 2.90. The zero-order chi connectivity index (χ0) is 16.2. The Kier molecular flexibility index (Phi) is 5.62. The quantitative estimate of drug-likeness (QED) is 0.805. The number of carbonyl (C=O) groups excluding carboxylic acids is 1.